The van der Waals surface area contributed by atoms with E-state index in [4.69, 9.17) is 5.26 Å². The molecule has 0 bridgehead atoms. The normalized spacial score (nSPS) is 17.6. The Labute approximate surface area is 124 Å². The summed E-state index contributed by atoms with van der Waals surface area (Å²) < 4.78 is 0. The van der Waals surface area contributed by atoms with Crippen molar-refractivity contribution in [3.05, 3.63) is 29.8 Å². The average Bonchev–Trinajstić information content (AvgIpc) is 2.87. The lowest BCUT2D eigenvalue weighted by Crippen LogP contribution is -2.29. The zero-order valence-electron chi connectivity index (χ0n) is 12.1. The second kappa shape index (κ2) is 6.89. The fraction of sp³-hybridized carbons (Fsp3) is 0.438. The first kappa shape index (κ1) is 15.0. The summed E-state index contributed by atoms with van der Waals surface area (Å²) in [6.45, 7) is 3.31. The van der Waals surface area contributed by atoms with Crippen LogP contribution in [0.5, 0.6) is 0 Å². The van der Waals surface area contributed by atoms with Gasteiger partial charge in [0.05, 0.1) is 17.6 Å². The summed E-state index contributed by atoms with van der Waals surface area (Å²) in [6, 6.07) is 8.73. The van der Waals surface area contributed by atoms with E-state index in [1.54, 1.807) is 29.2 Å². The fourth-order valence-corrected chi connectivity index (χ4v) is 2.39. The van der Waals surface area contributed by atoms with E-state index in [9.17, 15) is 9.59 Å². The molecular formula is C16H19N3O2. The van der Waals surface area contributed by atoms with Gasteiger partial charge in [0, 0.05) is 25.2 Å². The largest absolute Gasteiger partial charge is 0.342 e. The van der Waals surface area contributed by atoms with E-state index >= 15 is 0 Å². The lowest BCUT2D eigenvalue weighted by Gasteiger charge is -2.15. The van der Waals surface area contributed by atoms with Gasteiger partial charge in [0.25, 0.3) is 0 Å². The van der Waals surface area contributed by atoms with Crippen LogP contribution in [0.25, 0.3) is 0 Å². The first-order chi connectivity index (χ1) is 10.1. The highest BCUT2D eigenvalue weighted by Crippen LogP contribution is 2.20. The molecule has 0 unspecified atom stereocenters. The molecule has 0 radical (unpaired) electrons. The molecule has 1 aliphatic heterocycles. The van der Waals surface area contributed by atoms with Gasteiger partial charge in [0.15, 0.2) is 0 Å². The predicted molar refractivity (Wildman–Crippen MR) is 79.4 cm³/mol. The Morgan fingerprint density at radius 1 is 1.43 bits per heavy atom. The molecule has 0 saturated carbocycles. The van der Waals surface area contributed by atoms with Crippen LogP contribution in [0.3, 0.4) is 0 Å². The molecule has 1 atom stereocenters. The first-order valence-electron chi connectivity index (χ1n) is 7.23. The van der Waals surface area contributed by atoms with Gasteiger partial charge in [-0.1, -0.05) is 13.3 Å². The van der Waals surface area contributed by atoms with Crippen molar-refractivity contribution in [2.45, 2.75) is 26.2 Å². The quantitative estimate of drug-likeness (QED) is 0.900. The van der Waals surface area contributed by atoms with Crippen LogP contribution in [0, 0.1) is 17.2 Å². The zero-order chi connectivity index (χ0) is 15.2. The van der Waals surface area contributed by atoms with Crippen LogP contribution in [0.4, 0.5) is 5.69 Å². The summed E-state index contributed by atoms with van der Waals surface area (Å²) in [4.78, 5) is 25.8. The van der Waals surface area contributed by atoms with Gasteiger partial charge >= 0.3 is 0 Å². The van der Waals surface area contributed by atoms with Crippen molar-refractivity contribution in [2.75, 3.05) is 18.4 Å². The third-order valence-electron chi connectivity index (χ3n) is 3.65. The zero-order valence-corrected chi connectivity index (χ0v) is 12.1. The molecule has 2 rings (SSSR count). The molecule has 1 aromatic rings. The van der Waals surface area contributed by atoms with Gasteiger partial charge < -0.3 is 10.2 Å². The van der Waals surface area contributed by atoms with Crippen molar-refractivity contribution in [2.24, 2.45) is 5.92 Å². The second-order valence-electron chi connectivity index (χ2n) is 5.27. The average molecular weight is 285 g/mol. The summed E-state index contributed by atoms with van der Waals surface area (Å²) in [7, 11) is 0. The molecule has 1 heterocycles. The number of anilines is 1. The van der Waals surface area contributed by atoms with E-state index in [0.717, 1.165) is 19.4 Å². The summed E-state index contributed by atoms with van der Waals surface area (Å²) in [6.07, 6.45) is 2.29. The highest BCUT2D eigenvalue weighted by atomic mass is 16.2. The van der Waals surface area contributed by atoms with Crippen LogP contribution in [0.1, 0.15) is 31.7 Å². The Morgan fingerprint density at radius 3 is 2.76 bits per heavy atom. The van der Waals surface area contributed by atoms with E-state index in [2.05, 4.69) is 12.2 Å². The number of amides is 2. The van der Waals surface area contributed by atoms with Gasteiger partial charge in [-0.25, -0.2) is 0 Å². The summed E-state index contributed by atoms with van der Waals surface area (Å²) in [5.74, 6) is -0.361. The van der Waals surface area contributed by atoms with Crippen LogP contribution < -0.4 is 5.32 Å². The number of rotatable bonds is 5. The van der Waals surface area contributed by atoms with Crippen LogP contribution in [0.2, 0.25) is 0 Å². The monoisotopic (exact) mass is 285 g/mol. The Kier molecular flexibility index (Phi) is 4.94. The molecule has 1 fully saturated rings. The molecule has 0 aromatic heterocycles. The minimum absolute atomic E-state index is 0.0587. The van der Waals surface area contributed by atoms with E-state index in [1.165, 1.54) is 0 Å². The topological polar surface area (TPSA) is 73.2 Å². The van der Waals surface area contributed by atoms with Crippen molar-refractivity contribution in [3.63, 3.8) is 0 Å². The number of nitrogens with one attached hydrogen (secondary N) is 1. The molecule has 110 valence electrons. The fourth-order valence-electron chi connectivity index (χ4n) is 2.39. The van der Waals surface area contributed by atoms with Gasteiger partial charge in [-0.05, 0) is 30.7 Å². The first-order valence-corrected chi connectivity index (χ1v) is 7.23. The van der Waals surface area contributed by atoms with E-state index in [0.29, 0.717) is 17.8 Å². The Balaban J connectivity index is 1.91. The second-order valence-corrected chi connectivity index (χ2v) is 5.27. The van der Waals surface area contributed by atoms with Crippen molar-refractivity contribution < 1.29 is 9.59 Å². The summed E-state index contributed by atoms with van der Waals surface area (Å²) in [5, 5.41) is 11.5. The number of carbonyl (C=O) groups excluding carboxylic acids is 2. The van der Waals surface area contributed by atoms with Crippen molar-refractivity contribution in [1.82, 2.24) is 4.90 Å². The summed E-state index contributed by atoms with van der Waals surface area (Å²) in [5.41, 5.74) is 1.20. The van der Waals surface area contributed by atoms with Crippen LogP contribution in [0.15, 0.2) is 24.3 Å². The van der Waals surface area contributed by atoms with Crippen LogP contribution in [-0.2, 0) is 9.59 Å². The smallest absolute Gasteiger partial charge is 0.229 e. The van der Waals surface area contributed by atoms with Crippen molar-refractivity contribution in [3.8, 4) is 6.07 Å². The molecule has 1 N–H and O–H groups in total. The molecule has 1 aliphatic rings. The third kappa shape index (κ3) is 3.82. The molecule has 5 heteroatoms. The molecule has 21 heavy (non-hydrogen) atoms. The lowest BCUT2D eigenvalue weighted by atomic mass is 10.1. The number of unbranched alkanes of at least 4 members (excludes halogenated alkanes) is 1. The van der Waals surface area contributed by atoms with Gasteiger partial charge in [-0.3, -0.25) is 9.59 Å². The van der Waals surface area contributed by atoms with E-state index < -0.39 is 0 Å². The predicted octanol–water partition coefficient (Wildman–Crippen LogP) is 2.15. The lowest BCUT2D eigenvalue weighted by molar-refractivity contribution is -0.128. The molecule has 5 nitrogen and oxygen atoms in total. The van der Waals surface area contributed by atoms with Gasteiger partial charge in [-0.15, -0.1) is 0 Å². The Hall–Kier alpha value is -2.35. The highest BCUT2D eigenvalue weighted by Gasteiger charge is 2.33. The van der Waals surface area contributed by atoms with Crippen LogP contribution in [-0.4, -0.2) is 29.8 Å². The number of nitriles is 1. The van der Waals surface area contributed by atoms with Gasteiger partial charge in [0.1, 0.15) is 0 Å². The number of benzene rings is 1. The number of hydrogen-bond acceptors (Lipinski definition) is 3. The van der Waals surface area contributed by atoms with Crippen molar-refractivity contribution in [1.29, 1.82) is 5.26 Å². The number of carbonyl (C=O) groups is 2. The number of nitrogens with zero attached hydrogens (tertiary/aromatic N) is 2. The minimum Gasteiger partial charge on any atom is -0.342 e. The molecule has 2 amide bonds. The van der Waals surface area contributed by atoms with E-state index in [1.807, 2.05) is 6.07 Å². The van der Waals surface area contributed by atoms with Crippen LogP contribution >= 0.6 is 0 Å². The Morgan fingerprint density at radius 2 is 2.14 bits per heavy atom. The maximum atomic E-state index is 12.2. The maximum absolute atomic E-state index is 12.2. The van der Waals surface area contributed by atoms with Crippen molar-refractivity contribution >= 4 is 17.5 Å². The standard InChI is InChI=1S/C16H19N3O2/c1-2-3-8-19-11-13(9-15(19)20)16(21)18-14-6-4-12(10-17)5-7-14/h4-7,13H,2-3,8-9,11H2,1H3,(H,18,21)/t13-/m1/s1. The number of likely N-dealkylation sites (tertiary alicyclic amines) is 1. The highest BCUT2D eigenvalue weighted by molar-refractivity contribution is 5.97. The SMILES string of the molecule is CCCCN1C[C@H](C(=O)Nc2ccc(C#N)cc2)CC1=O. The van der Waals surface area contributed by atoms with Gasteiger partial charge in [-0.2, -0.15) is 5.26 Å². The molecule has 0 aliphatic carbocycles. The molecule has 0 spiro atoms. The third-order valence-corrected chi connectivity index (χ3v) is 3.65. The number of hydrogen-bond donors (Lipinski definition) is 1. The summed E-state index contributed by atoms with van der Waals surface area (Å²) >= 11 is 0. The Bertz CT molecular complexity index is 560. The molecule has 1 aromatic carbocycles. The molecule has 1 saturated heterocycles. The maximum Gasteiger partial charge on any atom is 0.229 e. The minimum atomic E-state index is -0.287. The van der Waals surface area contributed by atoms with Gasteiger partial charge in [0.2, 0.25) is 11.8 Å². The van der Waals surface area contributed by atoms with E-state index in [-0.39, 0.29) is 24.2 Å². The molecular weight excluding hydrogens is 266 g/mol.